The fourth-order valence-electron chi connectivity index (χ4n) is 2.17. The number of nitro groups is 1. The first-order valence-corrected chi connectivity index (χ1v) is 8.04. The number of rotatable bonds is 3. The van der Waals surface area contributed by atoms with Crippen LogP contribution in [0.5, 0.6) is 0 Å². The standard InChI is InChI=1S/C12H16N2O5S/c1-9(15)10-2-3-11(12(8-10)14(16)17)13-4-6-20(18,19)7-5-13/h2-3,8-9,15H,4-7H2,1H3/t9-/m0/s1. The molecule has 1 saturated heterocycles. The molecule has 0 saturated carbocycles. The zero-order valence-corrected chi connectivity index (χ0v) is 11.8. The Bertz CT molecular complexity index is 613. The van der Waals surface area contributed by atoms with E-state index in [1.165, 1.54) is 13.0 Å². The van der Waals surface area contributed by atoms with Crippen LogP contribution in [0.25, 0.3) is 0 Å². The zero-order chi connectivity index (χ0) is 14.9. The van der Waals surface area contributed by atoms with Crippen molar-refractivity contribution in [3.8, 4) is 0 Å². The fourth-order valence-corrected chi connectivity index (χ4v) is 3.37. The van der Waals surface area contributed by atoms with Gasteiger partial charge in [0.05, 0.1) is 22.5 Å². The molecule has 20 heavy (non-hydrogen) atoms. The second-order valence-electron chi connectivity index (χ2n) is 4.82. The summed E-state index contributed by atoms with van der Waals surface area (Å²) in [6.07, 6.45) is -0.788. The normalized spacial score (nSPS) is 19.6. The molecule has 0 aromatic heterocycles. The molecule has 0 bridgehead atoms. The van der Waals surface area contributed by atoms with Crippen LogP contribution in [0.15, 0.2) is 18.2 Å². The topological polar surface area (TPSA) is 101 Å². The summed E-state index contributed by atoms with van der Waals surface area (Å²) in [5, 5.41) is 20.6. The second kappa shape index (κ2) is 5.37. The van der Waals surface area contributed by atoms with E-state index in [9.17, 15) is 23.6 Å². The van der Waals surface area contributed by atoms with Gasteiger partial charge in [0.1, 0.15) is 5.69 Å². The lowest BCUT2D eigenvalue weighted by Gasteiger charge is -2.28. The number of sulfone groups is 1. The third kappa shape index (κ3) is 3.07. The van der Waals surface area contributed by atoms with Gasteiger partial charge in [-0.25, -0.2) is 8.42 Å². The summed E-state index contributed by atoms with van der Waals surface area (Å²) in [6.45, 7) is 2.03. The van der Waals surface area contributed by atoms with Crippen LogP contribution in [0.1, 0.15) is 18.6 Å². The van der Waals surface area contributed by atoms with Gasteiger partial charge in [0.2, 0.25) is 0 Å². The molecular weight excluding hydrogens is 284 g/mol. The summed E-state index contributed by atoms with van der Waals surface area (Å²) in [4.78, 5) is 12.3. The van der Waals surface area contributed by atoms with Gasteiger partial charge >= 0.3 is 0 Å². The quantitative estimate of drug-likeness (QED) is 0.657. The molecule has 1 heterocycles. The van der Waals surface area contributed by atoms with Crippen molar-refractivity contribution in [2.75, 3.05) is 29.5 Å². The highest BCUT2D eigenvalue weighted by molar-refractivity contribution is 7.91. The van der Waals surface area contributed by atoms with Crippen molar-refractivity contribution in [3.05, 3.63) is 33.9 Å². The monoisotopic (exact) mass is 300 g/mol. The van der Waals surface area contributed by atoms with E-state index in [-0.39, 0.29) is 30.3 Å². The Morgan fingerprint density at radius 2 is 1.95 bits per heavy atom. The lowest BCUT2D eigenvalue weighted by molar-refractivity contribution is -0.384. The number of hydrogen-bond acceptors (Lipinski definition) is 6. The van der Waals surface area contributed by atoms with Gasteiger partial charge in [-0.05, 0) is 18.6 Å². The van der Waals surface area contributed by atoms with Crippen molar-refractivity contribution in [2.24, 2.45) is 0 Å². The Morgan fingerprint density at radius 1 is 1.35 bits per heavy atom. The Kier molecular flexibility index (Phi) is 3.96. The van der Waals surface area contributed by atoms with Crippen LogP contribution in [0, 0.1) is 10.1 Å². The molecule has 0 radical (unpaired) electrons. The van der Waals surface area contributed by atoms with E-state index in [4.69, 9.17) is 0 Å². The van der Waals surface area contributed by atoms with Crippen molar-refractivity contribution >= 4 is 21.2 Å². The number of anilines is 1. The minimum atomic E-state index is -3.03. The van der Waals surface area contributed by atoms with Gasteiger partial charge in [-0.15, -0.1) is 0 Å². The van der Waals surface area contributed by atoms with Crippen LogP contribution in [0.4, 0.5) is 11.4 Å². The number of hydrogen-bond donors (Lipinski definition) is 1. The second-order valence-corrected chi connectivity index (χ2v) is 7.12. The molecular formula is C12H16N2O5S. The summed E-state index contributed by atoms with van der Waals surface area (Å²) in [7, 11) is -3.03. The number of nitrogens with zero attached hydrogens (tertiary/aromatic N) is 2. The average molecular weight is 300 g/mol. The van der Waals surface area contributed by atoms with E-state index in [0.717, 1.165) is 0 Å². The summed E-state index contributed by atoms with van der Waals surface area (Å²) in [5.41, 5.74) is 0.752. The smallest absolute Gasteiger partial charge is 0.292 e. The number of aliphatic hydroxyl groups excluding tert-OH is 1. The van der Waals surface area contributed by atoms with Gasteiger partial charge < -0.3 is 10.0 Å². The van der Waals surface area contributed by atoms with Gasteiger partial charge in [-0.2, -0.15) is 0 Å². The Hall–Kier alpha value is -1.67. The molecule has 1 atom stereocenters. The van der Waals surface area contributed by atoms with Crippen LogP contribution in [0.3, 0.4) is 0 Å². The van der Waals surface area contributed by atoms with E-state index >= 15 is 0 Å². The summed E-state index contributed by atoms with van der Waals surface area (Å²) in [6, 6.07) is 4.53. The summed E-state index contributed by atoms with van der Waals surface area (Å²) < 4.78 is 22.8. The third-order valence-corrected chi connectivity index (χ3v) is 4.97. The molecule has 110 valence electrons. The molecule has 7 nitrogen and oxygen atoms in total. The first-order valence-electron chi connectivity index (χ1n) is 6.22. The van der Waals surface area contributed by atoms with Gasteiger partial charge in [0.25, 0.3) is 5.69 Å². The predicted molar refractivity (Wildman–Crippen MR) is 74.6 cm³/mol. The van der Waals surface area contributed by atoms with Crippen molar-refractivity contribution in [2.45, 2.75) is 13.0 Å². The highest BCUT2D eigenvalue weighted by atomic mass is 32.2. The lowest BCUT2D eigenvalue weighted by Crippen LogP contribution is -2.40. The first kappa shape index (κ1) is 14.7. The maximum Gasteiger partial charge on any atom is 0.292 e. The van der Waals surface area contributed by atoms with Crippen LogP contribution in [-0.2, 0) is 9.84 Å². The molecule has 2 rings (SSSR count). The minimum absolute atomic E-state index is 0.00229. The van der Waals surface area contributed by atoms with Crippen molar-refractivity contribution < 1.29 is 18.4 Å². The maximum absolute atomic E-state index is 11.4. The highest BCUT2D eigenvalue weighted by Gasteiger charge is 2.27. The van der Waals surface area contributed by atoms with Gasteiger partial charge in [-0.3, -0.25) is 10.1 Å². The zero-order valence-electron chi connectivity index (χ0n) is 11.0. The predicted octanol–water partition coefficient (Wildman–Crippen LogP) is 0.883. The molecule has 1 aromatic rings. The number of nitro benzene ring substituents is 1. The van der Waals surface area contributed by atoms with Crippen LogP contribution in [0.2, 0.25) is 0 Å². The van der Waals surface area contributed by atoms with E-state index in [1.807, 2.05) is 0 Å². The Morgan fingerprint density at radius 3 is 2.45 bits per heavy atom. The highest BCUT2D eigenvalue weighted by Crippen LogP contribution is 2.32. The van der Waals surface area contributed by atoms with Crippen molar-refractivity contribution in [1.29, 1.82) is 0 Å². The minimum Gasteiger partial charge on any atom is -0.389 e. The summed E-state index contributed by atoms with van der Waals surface area (Å²) >= 11 is 0. The fraction of sp³-hybridized carbons (Fsp3) is 0.500. The van der Waals surface area contributed by atoms with Crippen LogP contribution < -0.4 is 4.90 Å². The Balaban J connectivity index is 2.34. The van der Waals surface area contributed by atoms with E-state index in [0.29, 0.717) is 11.3 Å². The van der Waals surface area contributed by atoms with Gasteiger partial charge in [0, 0.05) is 19.2 Å². The molecule has 1 fully saturated rings. The van der Waals surface area contributed by atoms with Gasteiger partial charge in [0.15, 0.2) is 9.84 Å². The van der Waals surface area contributed by atoms with Crippen LogP contribution in [-0.4, -0.2) is 43.0 Å². The SMILES string of the molecule is C[C@H](O)c1ccc(N2CCS(=O)(=O)CC2)c([N+](=O)[O-])c1. The van der Waals surface area contributed by atoms with Crippen molar-refractivity contribution in [3.63, 3.8) is 0 Å². The molecule has 8 heteroatoms. The molecule has 1 N–H and O–H groups in total. The third-order valence-electron chi connectivity index (χ3n) is 3.36. The Labute approximate surface area is 116 Å². The van der Waals surface area contributed by atoms with Crippen molar-refractivity contribution in [1.82, 2.24) is 0 Å². The molecule has 0 spiro atoms. The largest absolute Gasteiger partial charge is 0.389 e. The lowest BCUT2D eigenvalue weighted by atomic mass is 10.1. The number of benzene rings is 1. The first-order chi connectivity index (χ1) is 9.30. The van der Waals surface area contributed by atoms with E-state index in [2.05, 4.69) is 0 Å². The molecule has 1 aliphatic rings. The number of aliphatic hydroxyl groups is 1. The van der Waals surface area contributed by atoms with E-state index in [1.54, 1.807) is 17.0 Å². The molecule has 1 aromatic carbocycles. The maximum atomic E-state index is 11.4. The molecule has 0 unspecified atom stereocenters. The average Bonchev–Trinajstić information content (AvgIpc) is 2.38. The van der Waals surface area contributed by atoms with Crippen LogP contribution >= 0.6 is 0 Å². The summed E-state index contributed by atoms with van der Waals surface area (Å²) in [5.74, 6) is 0.00458. The molecule has 1 aliphatic heterocycles. The van der Waals surface area contributed by atoms with Gasteiger partial charge in [-0.1, -0.05) is 6.07 Å². The molecule has 0 amide bonds. The molecule has 0 aliphatic carbocycles. The van der Waals surface area contributed by atoms with E-state index < -0.39 is 20.9 Å².